The van der Waals surface area contributed by atoms with Gasteiger partial charge >= 0.3 is 10.4 Å². The molecular weight excluding hydrogens is 284 g/mol. The predicted octanol–water partition coefficient (Wildman–Crippen LogP) is 0.843. The largest absolute Gasteiger partial charge is 0.397 e. The summed E-state index contributed by atoms with van der Waals surface area (Å²) in [6.07, 6.45) is 2.24. The Balaban J connectivity index is 0. The van der Waals surface area contributed by atoms with Gasteiger partial charge in [0.1, 0.15) is 0 Å². The number of carbonyl (C=O) groups is 1. The minimum absolute atomic E-state index is 0.0289. The van der Waals surface area contributed by atoms with Gasteiger partial charge in [-0.1, -0.05) is 13.5 Å². The van der Waals surface area contributed by atoms with E-state index in [1.807, 2.05) is 14.1 Å². The smallest absolute Gasteiger partial charge is 0.348 e. The number of amides is 1. The lowest BCUT2D eigenvalue weighted by molar-refractivity contribution is -0.117. The zero-order chi connectivity index (χ0) is 16.3. The van der Waals surface area contributed by atoms with Crippen LogP contribution in [0.4, 0.5) is 0 Å². The predicted molar refractivity (Wildman–Crippen MR) is 78.7 cm³/mol. The summed E-state index contributed by atoms with van der Waals surface area (Å²) in [5.41, 5.74) is 0. The monoisotopic (exact) mass is 310 g/mol. The Morgan fingerprint density at radius 2 is 1.95 bits per heavy atom. The van der Waals surface area contributed by atoms with E-state index in [4.69, 9.17) is 4.55 Å². The van der Waals surface area contributed by atoms with Crippen LogP contribution < -0.4 is 5.32 Å². The maximum atomic E-state index is 11.1. The number of nitrogens with one attached hydrogen (secondary N) is 1. The molecule has 0 heterocycles. The van der Waals surface area contributed by atoms with Crippen molar-refractivity contribution < 1.29 is 21.9 Å². The lowest BCUT2D eigenvalue weighted by atomic mass is 10.1. The molecule has 2 N–H and O–H groups in total. The summed E-state index contributed by atoms with van der Waals surface area (Å²) < 4.78 is 30.7. The topological polar surface area (TPSA) is 95.9 Å². The standard InChI is InChI=1S/C10H20N2O.C2H6O4S/c1-6-9(8(3)12(4)5)11-10(13)7-2;1-2-6-7(3,4)5/h7-9H,2,6H2,1,3-5H3,(H,11,13);2H2,1H3,(H,3,4,5). The minimum atomic E-state index is -4.17. The summed E-state index contributed by atoms with van der Waals surface area (Å²) in [5, 5.41) is 2.90. The van der Waals surface area contributed by atoms with E-state index in [0.717, 1.165) is 6.42 Å². The summed E-state index contributed by atoms with van der Waals surface area (Å²) in [7, 11) is -0.160. The van der Waals surface area contributed by atoms with Gasteiger partial charge in [-0.15, -0.1) is 0 Å². The zero-order valence-corrected chi connectivity index (χ0v) is 13.6. The van der Waals surface area contributed by atoms with Gasteiger partial charge in [0.25, 0.3) is 0 Å². The lowest BCUT2D eigenvalue weighted by Crippen LogP contribution is -2.47. The molecule has 0 aromatic carbocycles. The first kappa shape index (κ1) is 21.3. The summed E-state index contributed by atoms with van der Waals surface area (Å²) in [6.45, 7) is 9.02. The Morgan fingerprint density at radius 3 is 2.15 bits per heavy atom. The van der Waals surface area contributed by atoms with Crippen molar-refractivity contribution >= 4 is 16.3 Å². The molecule has 0 saturated carbocycles. The highest BCUT2D eigenvalue weighted by atomic mass is 32.3. The van der Waals surface area contributed by atoms with Gasteiger partial charge in [-0.25, -0.2) is 4.18 Å². The minimum Gasteiger partial charge on any atom is -0.348 e. The van der Waals surface area contributed by atoms with Crippen molar-refractivity contribution in [1.82, 2.24) is 10.2 Å². The second-order valence-electron chi connectivity index (χ2n) is 4.27. The number of nitrogens with zero attached hydrogens (tertiary/aromatic N) is 1. The van der Waals surface area contributed by atoms with Crippen LogP contribution in [-0.2, 0) is 19.4 Å². The molecule has 0 spiro atoms. The molecule has 0 radical (unpaired) electrons. The summed E-state index contributed by atoms with van der Waals surface area (Å²) in [4.78, 5) is 13.2. The van der Waals surface area contributed by atoms with Crippen molar-refractivity contribution in [1.29, 1.82) is 0 Å². The van der Waals surface area contributed by atoms with Gasteiger partial charge in [0, 0.05) is 12.1 Å². The molecule has 20 heavy (non-hydrogen) atoms. The van der Waals surface area contributed by atoms with Gasteiger partial charge in [0.05, 0.1) is 6.61 Å². The van der Waals surface area contributed by atoms with Crippen molar-refractivity contribution in [2.24, 2.45) is 0 Å². The SMILES string of the molecule is C=CC(=O)NC(CC)C(C)N(C)C.CCOS(=O)(=O)O. The van der Waals surface area contributed by atoms with Gasteiger partial charge in [0.15, 0.2) is 0 Å². The third kappa shape index (κ3) is 12.1. The van der Waals surface area contributed by atoms with Gasteiger partial charge in [-0.3, -0.25) is 9.35 Å². The maximum absolute atomic E-state index is 11.1. The molecule has 0 saturated heterocycles. The first-order valence-electron chi connectivity index (χ1n) is 6.30. The Labute approximate surface area is 121 Å². The van der Waals surface area contributed by atoms with Crippen LogP contribution in [0.15, 0.2) is 12.7 Å². The van der Waals surface area contributed by atoms with Crippen LogP contribution in [0.3, 0.4) is 0 Å². The van der Waals surface area contributed by atoms with Crippen molar-refractivity contribution in [3.63, 3.8) is 0 Å². The molecule has 1 amide bonds. The summed E-state index contributed by atoms with van der Waals surface area (Å²) >= 11 is 0. The molecule has 7 nitrogen and oxygen atoms in total. The Hall–Kier alpha value is -0.960. The van der Waals surface area contributed by atoms with E-state index in [0.29, 0.717) is 6.04 Å². The quantitative estimate of drug-likeness (QED) is 0.534. The molecule has 0 aliphatic rings. The van der Waals surface area contributed by atoms with Crippen molar-refractivity contribution in [3.05, 3.63) is 12.7 Å². The molecule has 0 bridgehead atoms. The second-order valence-corrected chi connectivity index (χ2v) is 5.36. The second kappa shape index (κ2) is 10.8. The summed E-state index contributed by atoms with van der Waals surface area (Å²) in [6, 6.07) is 0.536. The van der Waals surface area contributed by atoms with Crippen LogP contribution >= 0.6 is 0 Å². The van der Waals surface area contributed by atoms with E-state index in [1.54, 1.807) is 0 Å². The zero-order valence-electron chi connectivity index (χ0n) is 12.8. The number of carbonyl (C=O) groups excluding carboxylic acids is 1. The van der Waals surface area contributed by atoms with Crippen LogP contribution in [0.5, 0.6) is 0 Å². The molecule has 0 aliphatic carbocycles. The molecule has 2 unspecified atom stereocenters. The molecule has 0 aromatic rings. The molecule has 120 valence electrons. The van der Waals surface area contributed by atoms with Gasteiger partial charge in [-0.2, -0.15) is 8.42 Å². The van der Waals surface area contributed by atoms with Gasteiger partial charge in [0.2, 0.25) is 5.91 Å². The fraction of sp³-hybridized carbons (Fsp3) is 0.750. The van der Waals surface area contributed by atoms with Crippen molar-refractivity contribution in [2.75, 3.05) is 20.7 Å². The highest BCUT2D eigenvalue weighted by Crippen LogP contribution is 2.03. The molecule has 0 aliphatic heterocycles. The van der Waals surface area contributed by atoms with E-state index in [1.165, 1.54) is 13.0 Å². The third-order valence-corrected chi connectivity index (χ3v) is 3.15. The highest BCUT2D eigenvalue weighted by Gasteiger charge is 2.17. The van der Waals surface area contributed by atoms with E-state index in [9.17, 15) is 13.2 Å². The Kier molecular flexibility index (Phi) is 11.5. The molecule has 0 aromatic heterocycles. The number of hydrogen-bond acceptors (Lipinski definition) is 5. The van der Waals surface area contributed by atoms with Crippen molar-refractivity contribution in [3.8, 4) is 0 Å². The van der Waals surface area contributed by atoms with Crippen LogP contribution in [0.2, 0.25) is 0 Å². The van der Waals surface area contributed by atoms with Gasteiger partial charge < -0.3 is 10.2 Å². The maximum Gasteiger partial charge on any atom is 0.397 e. The van der Waals surface area contributed by atoms with Crippen LogP contribution in [-0.4, -0.2) is 56.6 Å². The van der Waals surface area contributed by atoms with E-state index in [2.05, 4.69) is 34.8 Å². The first-order valence-corrected chi connectivity index (χ1v) is 7.66. The Morgan fingerprint density at radius 1 is 1.45 bits per heavy atom. The molecule has 2 atom stereocenters. The molecule has 0 rings (SSSR count). The van der Waals surface area contributed by atoms with E-state index in [-0.39, 0.29) is 18.6 Å². The molecule has 8 heteroatoms. The van der Waals surface area contributed by atoms with Crippen LogP contribution in [0.1, 0.15) is 27.2 Å². The average Bonchev–Trinajstić information content (AvgIpc) is 2.33. The molecular formula is C12H26N2O5S. The normalized spacial score (nSPS) is 13.9. The number of likely N-dealkylation sites (N-methyl/N-ethyl adjacent to an activating group) is 1. The lowest BCUT2D eigenvalue weighted by Gasteiger charge is -2.28. The fourth-order valence-corrected chi connectivity index (χ4v) is 1.61. The Bertz CT molecular complexity index is 381. The van der Waals surface area contributed by atoms with Crippen LogP contribution in [0, 0.1) is 0 Å². The van der Waals surface area contributed by atoms with E-state index < -0.39 is 10.4 Å². The van der Waals surface area contributed by atoms with Gasteiger partial charge in [-0.05, 0) is 40.4 Å². The van der Waals surface area contributed by atoms with Crippen LogP contribution in [0.25, 0.3) is 0 Å². The fourth-order valence-electron chi connectivity index (χ4n) is 1.31. The summed E-state index contributed by atoms with van der Waals surface area (Å²) in [5.74, 6) is -0.0967. The number of hydrogen-bond donors (Lipinski definition) is 2. The third-order valence-electron chi connectivity index (χ3n) is 2.62. The van der Waals surface area contributed by atoms with Crippen molar-refractivity contribution in [2.45, 2.75) is 39.3 Å². The first-order chi connectivity index (χ1) is 9.08. The highest BCUT2D eigenvalue weighted by molar-refractivity contribution is 7.80. The molecule has 0 fully saturated rings. The number of rotatable bonds is 7. The van der Waals surface area contributed by atoms with E-state index >= 15 is 0 Å². The average molecular weight is 310 g/mol.